The zero-order valence-electron chi connectivity index (χ0n) is 12.2. The lowest BCUT2D eigenvalue weighted by Gasteiger charge is -2.24. The number of hydrogen-bond donors (Lipinski definition) is 2. The van der Waals surface area contributed by atoms with E-state index < -0.39 is 0 Å². The van der Waals surface area contributed by atoms with Crippen LogP contribution in [0.2, 0.25) is 0 Å². The van der Waals surface area contributed by atoms with Crippen molar-refractivity contribution in [1.29, 1.82) is 0 Å². The third kappa shape index (κ3) is 5.11. The molecule has 2 fully saturated rings. The molecule has 4 nitrogen and oxygen atoms in total. The highest BCUT2D eigenvalue weighted by Gasteiger charge is 2.28. The molecule has 2 aliphatic rings. The Bertz CT molecular complexity index is 282. The van der Waals surface area contributed by atoms with Crippen LogP contribution >= 0.6 is 0 Å². The van der Waals surface area contributed by atoms with Gasteiger partial charge in [-0.3, -0.25) is 4.79 Å². The van der Waals surface area contributed by atoms with Crippen LogP contribution in [0.3, 0.4) is 0 Å². The standard InChI is InChI=1S/C15H28N2O2/c1-15(7-2-3-8-15)12-17-14(18)6-11-19-13-4-9-16-10-5-13/h13,16H,2-12H2,1H3,(H,17,18). The molecule has 19 heavy (non-hydrogen) atoms. The van der Waals surface area contributed by atoms with Crippen LogP contribution < -0.4 is 10.6 Å². The minimum absolute atomic E-state index is 0.141. The second kappa shape index (κ2) is 7.25. The number of carbonyl (C=O) groups is 1. The van der Waals surface area contributed by atoms with Gasteiger partial charge in [-0.1, -0.05) is 19.8 Å². The van der Waals surface area contributed by atoms with E-state index in [4.69, 9.17) is 4.74 Å². The van der Waals surface area contributed by atoms with Gasteiger partial charge in [-0.15, -0.1) is 0 Å². The SMILES string of the molecule is CC1(CNC(=O)CCOC2CCNCC2)CCCC1. The Labute approximate surface area is 116 Å². The van der Waals surface area contributed by atoms with Crippen molar-refractivity contribution in [3.8, 4) is 0 Å². The molecule has 4 heteroatoms. The van der Waals surface area contributed by atoms with Crippen LogP contribution in [0.4, 0.5) is 0 Å². The fourth-order valence-corrected chi connectivity index (χ4v) is 3.09. The molecule has 0 aromatic carbocycles. The summed E-state index contributed by atoms with van der Waals surface area (Å²) in [5, 5.41) is 6.38. The topological polar surface area (TPSA) is 50.4 Å². The second-order valence-electron chi connectivity index (χ2n) is 6.36. The van der Waals surface area contributed by atoms with Crippen molar-refractivity contribution in [2.24, 2.45) is 5.41 Å². The lowest BCUT2D eigenvalue weighted by Crippen LogP contribution is -2.35. The van der Waals surface area contributed by atoms with Crippen molar-refractivity contribution in [1.82, 2.24) is 10.6 Å². The van der Waals surface area contributed by atoms with Crippen molar-refractivity contribution in [3.05, 3.63) is 0 Å². The maximum Gasteiger partial charge on any atom is 0.222 e. The van der Waals surface area contributed by atoms with Crippen molar-refractivity contribution in [3.63, 3.8) is 0 Å². The molecule has 0 aromatic heterocycles. The van der Waals surface area contributed by atoms with Gasteiger partial charge < -0.3 is 15.4 Å². The maximum absolute atomic E-state index is 11.8. The predicted molar refractivity (Wildman–Crippen MR) is 76.0 cm³/mol. The minimum Gasteiger partial charge on any atom is -0.378 e. The second-order valence-corrected chi connectivity index (χ2v) is 6.36. The van der Waals surface area contributed by atoms with Crippen molar-refractivity contribution in [2.45, 2.75) is 58.0 Å². The first-order valence-electron chi connectivity index (χ1n) is 7.77. The molecule has 110 valence electrons. The lowest BCUT2D eigenvalue weighted by atomic mass is 9.89. The molecule has 0 unspecified atom stereocenters. The molecule has 2 N–H and O–H groups in total. The molecule has 0 atom stereocenters. The van der Waals surface area contributed by atoms with Gasteiger partial charge in [0.05, 0.1) is 12.7 Å². The van der Waals surface area contributed by atoms with E-state index in [2.05, 4.69) is 17.6 Å². The molecular weight excluding hydrogens is 240 g/mol. The molecular formula is C15H28N2O2. The number of rotatable bonds is 6. The third-order valence-corrected chi connectivity index (χ3v) is 4.49. The fraction of sp³-hybridized carbons (Fsp3) is 0.933. The molecule has 1 saturated heterocycles. The Morgan fingerprint density at radius 1 is 1.32 bits per heavy atom. The zero-order valence-corrected chi connectivity index (χ0v) is 12.2. The van der Waals surface area contributed by atoms with Gasteiger partial charge in [0.25, 0.3) is 0 Å². The Balaban J connectivity index is 1.54. The molecule has 1 saturated carbocycles. The molecule has 1 heterocycles. The van der Waals surface area contributed by atoms with Crippen LogP contribution in [0.25, 0.3) is 0 Å². The molecule has 1 amide bonds. The van der Waals surface area contributed by atoms with Gasteiger partial charge in [0.1, 0.15) is 0 Å². The van der Waals surface area contributed by atoms with Crippen LogP contribution in [-0.2, 0) is 9.53 Å². The van der Waals surface area contributed by atoms with Gasteiger partial charge >= 0.3 is 0 Å². The number of nitrogens with one attached hydrogen (secondary N) is 2. The fourth-order valence-electron chi connectivity index (χ4n) is 3.09. The number of ether oxygens (including phenoxy) is 1. The van der Waals surface area contributed by atoms with Gasteiger partial charge in [0.15, 0.2) is 0 Å². The highest BCUT2D eigenvalue weighted by molar-refractivity contribution is 5.75. The van der Waals surface area contributed by atoms with E-state index in [-0.39, 0.29) is 5.91 Å². The largest absolute Gasteiger partial charge is 0.378 e. The van der Waals surface area contributed by atoms with E-state index in [1.54, 1.807) is 0 Å². The smallest absolute Gasteiger partial charge is 0.222 e. The highest BCUT2D eigenvalue weighted by Crippen LogP contribution is 2.36. The van der Waals surface area contributed by atoms with Crippen molar-refractivity contribution in [2.75, 3.05) is 26.2 Å². The van der Waals surface area contributed by atoms with Gasteiger partial charge in [-0.25, -0.2) is 0 Å². The summed E-state index contributed by atoms with van der Waals surface area (Å²) in [5.41, 5.74) is 0.339. The number of amides is 1. The summed E-state index contributed by atoms with van der Waals surface area (Å²) in [6.07, 6.45) is 8.11. The quantitative estimate of drug-likeness (QED) is 0.773. The van der Waals surface area contributed by atoms with E-state index in [0.29, 0.717) is 24.5 Å². The summed E-state index contributed by atoms with van der Waals surface area (Å²) >= 11 is 0. The molecule has 2 rings (SSSR count). The van der Waals surface area contributed by atoms with Crippen LogP contribution in [0, 0.1) is 5.41 Å². The predicted octanol–water partition coefficient (Wildman–Crippen LogP) is 1.84. The lowest BCUT2D eigenvalue weighted by molar-refractivity contribution is -0.123. The van der Waals surface area contributed by atoms with E-state index in [1.807, 2.05) is 0 Å². The maximum atomic E-state index is 11.8. The zero-order chi connectivity index (χ0) is 13.6. The number of piperidine rings is 1. The summed E-state index contributed by atoms with van der Waals surface area (Å²) in [6, 6.07) is 0. The van der Waals surface area contributed by atoms with E-state index in [1.165, 1.54) is 25.7 Å². The van der Waals surface area contributed by atoms with Crippen LogP contribution in [-0.4, -0.2) is 38.3 Å². The average Bonchev–Trinajstić information content (AvgIpc) is 2.85. The summed E-state index contributed by atoms with van der Waals surface area (Å²) in [6.45, 7) is 5.75. The summed E-state index contributed by atoms with van der Waals surface area (Å²) in [4.78, 5) is 11.8. The van der Waals surface area contributed by atoms with Crippen LogP contribution in [0.15, 0.2) is 0 Å². The highest BCUT2D eigenvalue weighted by atomic mass is 16.5. The number of hydrogen-bond acceptors (Lipinski definition) is 3. The van der Waals surface area contributed by atoms with Crippen molar-refractivity contribution >= 4 is 5.91 Å². The van der Waals surface area contributed by atoms with Crippen molar-refractivity contribution < 1.29 is 9.53 Å². The first kappa shape index (κ1) is 14.8. The average molecular weight is 268 g/mol. The molecule has 1 aliphatic carbocycles. The molecule has 0 spiro atoms. The van der Waals surface area contributed by atoms with E-state index in [0.717, 1.165) is 32.5 Å². The van der Waals surface area contributed by atoms with Crippen LogP contribution in [0.1, 0.15) is 51.9 Å². The number of carbonyl (C=O) groups excluding carboxylic acids is 1. The molecule has 0 radical (unpaired) electrons. The first-order valence-corrected chi connectivity index (χ1v) is 7.77. The van der Waals surface area contributed by atoms with Crippen LogP contribution in [0.5, 0.6) is 0 Å². The van der Waals surface area contributed by atoms with E-state index in [9.17, 15) is 4.79 Å². The van der Waals surface area contributed by atoms with E-state index >= 15 is 0 Å². The summed E-state index contributed by atoms with van der Waals surface area (Å²) in [5.74, 6) is 0.141. The Kier molecular flexibility index (Phi) is 5.64. The van der Waals surface area contributed by atoms with Gasteiger partial charge in [0.2, 0.25) is 5.91 Å². The van der Waals surface area contributed by atoms with Gasteiger partial charge in [0, 0.05) is 13.0 Å². The van der Waals surface area contributed by atoms with Gasteiger partial charge in [-0.2, -0.15) is 0 Å². The molecule has 1 aliphatic heterocycles. The molecule has 0 bridgehead atoms. The Morgan fingerprint density at radius 3 is 2.68 bits per heavy atom. The first-order chi connectivity index (χ1) is 9.18. The summed E-state index contributed by atoms with van der Waals surface area (Å²) < 4.78 is 5.75. The Morgan fingerprint density at radius 2 is 2.00 bits per heavy atom. The van der Waals surface area contributed by atoms with Gasteiger partial charge in [-0.05, 0) is 44.2 Å². The monoisotopic (exact) mass is 268 g/mol. The minimum atomic E-state index is 0.141. The normalized spacial score (nSPS) is 23.4. The summed E-state index contributed by atoms with van der Waals surface area (Å²) in [7, 11) is 0. The third-order valence-electron chi connectivity index (χ3n) is 4.49. The molecule has 0 aromatic rings. The Hall–Kier alpha value is -0.610.